The highest BCUT2D eigenvalue weighted by Gasteiger charge is 2.16. The lowest BCUT2D eigenvalue weighted by Gasteiger charge is -2.25. The largest absolute Gasteiger partial charge is 0.378 e. The van der Waals surface area contributed by atoms with Crippen LogP contribution in [-0.4, -0.2) is 25.3 Å². The first-order valence-electron chi connectivity index (χ1n) is 7.87. The van der Waals surface area contributed by atoms with Crippen molar-refractivity contribution in [1.82, 2.24) is 5.32 Å². The first kappa shape index (κ1) is 15.5. The summed E-state index contributed by atoms with van der Waals surface area (Å²) in [4.78, 5) is 0. The van der Waals surface area contributed by atoms with Gasteiger partial charge in [0.15, 0.2) is 0 Å². The van der Waals surface area contributed by atoms with Crippen molar-refractivity contribution in [1.29, 1.82) is 0 Å². The minimum Gasteiger partial charge on any atom is -0.378 e. The van der Waals surface area contributed by atoms with Crippen molar-refractivity contribution < 1.29 is 9.13 Å². The minimum absolute atomic E-state index is 0.145. The molecule has 3 heteroatoms. The average molecular weight is 279 g/mol. The summed E-state index contributed by atoms with van der Waals surface area (Å²) in [5, 5.41) is 3.51. The monoisotopic (exact) mass is 279 g/mol. The topological polar surface area (TPSA) is 21.3 Å². The summed E-state index contributed by atoms with van der Waals surface area (Å²) in [5.41, 5.74) is 1.07. The minimum atomic E-state index is -0.145. The van der Waals surface area contributed by atoms with E-state index in [1.54, 1.807) is 12.1 Å². The summed E-state index contributed by atoms with van der Waals surface area (Å²) in [6, 6.07) is 7.35. The fourth-order valence-corrected chi connectivity index (χ4v) is 2.94. The Kier molecular flexibility index (Phi) is 6.48. The molecule has 1 heterocycles. The maximum atomic E-state index is 13.2. The Bertz CT molecular complexity index is 390. The van der Waals surface area contributed by atoms with E-state index < -0.39 is 0 Å². The van der Waals surface area contributed by atoms with E-state index in [0.717, 1.165) is 38.0 Å². The molecule has 2 rings (SSSR count). The molecule has 0 amide bonds. The van der Waals surface area contributed by atoms with Crippen molar-refractivity contribution in [2.24, 2.45) is 0 Å². The Hall–Kier alpha value is -0.930. The third-order valence-electron chi connectivity index (χ3n) is 3.98. The maximum absolute atomic E-state index is 13.2. The van der Waals surface area contributed by atoms with Gasteiger partial charge in [-0.1, -0.05) is 19.1 Å². The van der Waals surface area contributed by atoms with Crippen LogP contribution in [0.1, 0.15) is 44.6 Å². The van der Waals surface area contributed by atoms with E-state index in [1.807, 2.05) is 6.07 Å². The Morgan fingerprint density at radius 2 is 2.30 bits per heavy atom. The molecular formula is C17H26FNO. The predicted molar refractivity (Wildman–Crippen MR) is 80.4 cm³/mol. The zero-order chi connectivity index (χ0) is 14.2. The Morgan fingerprint density at radius 1 is 1.40 bits per heavy atom. The highest BCUT2D eigenvalue weighted by Crippen LogP contribution is 2.19. The zero-order valence-corrected chi connectivity index (χ0v) is 12.4. The molecule has 1 aromatic carbocycles. The summed E-state index contributed by atoms with van der Waals surface area (Å²) in [7, 11) is 0. The number of nitrogens with one attached hydrogen (secondary N) is 1. The average Bonchev–Trinajstić information content (AvgIpc) is 2.46. The molecule has 0 spiro atoms. The van der Waals surface area contributed by atoms with Crippen LogP contribution in [0.2, 0.25) is 0 Å². The summed E-state index contributed by atoms with van der Waals surface area (Å²) >= 11 is 0. The second-order valence-electron chi connectivity index (χ2n) is 5.65. The number of benzene rings is 1. The van der Waals surface area contributed by atoms with Crippen LogP contribution in [0.25, 0.3) is 0 Å². The number of likely N-dealkylation sites (N-methyl/N-ethyl adjacent to an activating group) is 1. The summed E-state index contributed by atoms with van der Waals surface area (Å²) < 4.78 is 19.0. The van der Waals surface area contributed by atoms with Gasteiger partial charge in [-0.3, -0.25) is 0 Å². The number of hydrogen-bond acceptors (Lipinski definition) is 2. The van der Waals surface area contributed by atoms with Crippen LogP contribution in [0, 0.1) is 5.82 Å². The summed E-state index contributed by atoms with van der Waals surface area (Å²) in [5.74, 6) is -0.145. The molecule has 1 saturated heterocycles. The summed E-state index contributed by atoms with van der Waals surface area (Å²) in [6.45, 7) is 3.99. The highest BCUT2D eigenvalue weighted by atomic mass is 19.1. The molecule has 1 fully saturated rings. The van der Waals surface area contributed by atoms with E-state index >= 15 is 0 Å². The molecule has 1 aliphatic rings. The van der Waals surface area contributed by atoms with Crippen LogP contribution in [0.5, 0.6) is 0 Å². The third kappa shape index (κ3) is 5.22. The summed E-state index contributed by atoms with van der Waals surface area (Å²) in [6.07, 6.45) is 7.20. The molecule has 1 N–H and O–H groups in total. The van der Waals surface area contributed by atoms with Gasteiger partial charge in [0, 0.05) is 12.6 Å². The molecule has 2 atom stereocenters. The van der Waals surface area contributed by atoms with Crippen LogP contribution in [-0.2, 0) is 11.2 Å². The second-order valence-corrected chi connectivity index (χ2v) is 5.65. The van der Waals surface area contributed by atoms with Gasteiger partial charge in [-0.15, -0.1) is 0 Å². The van der Waals surface area contributed by atoms with Crippen LogP contribution >= 0.6 is 0 Å². The molecule has 1 aromatic rings. The number of rotatable bonds is 7. The van der Waals surface area contributed by atoms with Crippen LogP contribution in [0.15, 0.2) is 24.3 Å². The van der Waals surface area contributed by atoms with Crippen molar-refractivity contribution in [3.8, 4) is 0 Å². The fraction of sp³-hybridized carbons (Fsp3) is 0.647. The van der Waals surface area contributed by atoms with Crippen molar-refractivity contribution in [3.05, 3.63) is 35.6 Å². The fourth-order valence-electron chi connectivity index (χ4n) is 2.94. The molecular weight excluding hydrogens is 253 g/mol. The van der Waals surface area contributed by atoms with Crippen molar-refractivity contribution in [3.63, 3.8) is 0 Å². The van der Waals surface area contributed by atoms with Gasteiger partial charge in [0.2, 0.25) is 0 Å². The van der Waals surface area contributed by atoms with Gasteiger partial charge in [-0.2, -0.15) is 0 Å². The van der Waals surface area contributed by atoms with E-state index in [9.17, 15) is 4.39 Å². The first-order valence-corrected chi connectivity index (χ1v) is 7.87. The third-order valence-corrected chi connectivity index (χ3v) is 3.98. The quantitative estimate of drug-likeness (QED) is 0.822. The van der Waals surface area contributed by atoms with E-state index in [1.165, 1.54) is 25.3 Å². The van der Waals surface area contributed by atoms with E-state index in [2.05, 4.69) is 12.2 Å². The lowest BCUT2D eigenvalue weighted by molar-refractivity contribution is 0.00860. The van der Waals surface area contributed by atoms with Crippen LogP contribution in [0.3, 0.4) is 0 Å². The smallest absolute Gasteiger partial charge is 0.123 e. The van der Waals surface area contributed by atoms with E-state index in [4.69, 9.17) is 4.74 Å². The van der Waals surface area contributed by atoms with Crippen LogP contribution in [0.4, 0.5) is 4.39 Å². The Labute approximate surface area is 121 Å². The van der Waals surface area contributed by atoms with Gasteiger partial charge in [0.05, 0.1) is 6.10 Å². The molecule has 0 aliphatic carbocycles. The normalized spacial score (nSPS) is 20.8. The predicted octanol–water partition coefficient (Wildman–Crippen LogP) is 3.70. The van der Waals surface area contributed by atoms with E-state index in [0.29, 0.717) is 12.1 Å². The van der Waals surface area contributed by atoms with Gasteiger partial charge in [0.1, 0.15) is 5.82 Å². The molecule has 0 aromatic heterocycles. The highest BCUT2D eigenvalue weighted by molar-refractivity contribution is 5.17. The molecule has 2 unspecified atom stereocenters. The maximum Gasteiger partial charge on any atom is 0.123 e. The zero-order valence-electron chi connectivity index (χ0n) is 12.4. The van der Waals surface area contributed by atoms with Crippen molar-refractivity contribution >= 4 is 0 Å². The molecule has 20 heavy (non-hydrogen) atoms. The molecule has 112 valence electrons. The van der Waals surface area contributed by atoms with Gasteiger partial charge >= 0.3 is 0 Å². The van der Waals surface area contributed by atoms with Gasteiger partial charge in [-0.25, -0.2) is 4.39 Å². The van der Waals surface area contributed by atoms with E-state index in [-0.39, 0.29) is 5.82 Å². The van der Waals surface area contributed by atoms with Crippen molar-refractivity contribution in [2.45, 2.75) is 57.6 Å². The van der Waals surface area contributed by atoms with Gasteiger partial charge in [0.25, 0.3) is 0 Å². The lowest BCUT2D eigenvalue weighted by Crippen LogP contribution is -2.32. The second kappa shape index (κ2) is 8.38. The first-order chi connectivity index (χ1) is 9.78. The van der Waals surface area contributed by atoms with Gasteiger partial charge < -0.3 is 10.1 Å². The van der Waals surface area contributed by atoms with Crippen molar-refractivity contribution in [2.75, 3.05) is 13.2 Å². The Morgan fingerprint density at radius 3 is 3.00 bits per heavy atom. The standard InChI is InChI=1S/C17H26FNO/c1-2-19-16(9-10-17-8-3-4-11-20-17)13-14-6-5-7-15(18)12-14/h5-7,12,16-17,19H,2-4,8-11,13H2,1H3. The SMILES string of the molecule is CCNC(CCC1CCCCO1)Cc1cccc(F)c1. The number of ether oxygens (including phenoxy) is 1. The molecule has 1 aliphatic heterocycles. The molecule has 0 radical (unpaired) electrons. The number of hydrogen-bond donors (Lipinski definition) is 1. The molecule has 0 saturated carbocycles. The lowest BCUT2D eigenvalue weighted by atomic mass is 9.97. The van der Waals surface area contributed by atoms with Gasteiger partial charge in [-0.05, 0) is 62.8 Å². The number of halogens is 1. The molecule has 0 bridgehead atoms. The Balaban J connectivity index is 1.82. The molecule has 2 nitrogen and oxygen atoms in total. The van der Waals surface area contributed by atoms with Crippen LogP contribution < -0.4 is 5.32 Å².